The molecule has 0 unspecified atom stereocenters. The third-order valence-corrected chi connectivity index (χ3v) is 2.84. The summed E-state index contributed by atoms with van der Waals surface area (Å²) in [5, 5.41) is 28.3. The van der Waals surface area contributed by atoms with Crippen molar-refractivity contribution in [2.75, 3.05) is 0 Å². The van der Waals surface area contributed by atoms with Crippen molar-refractivity contribution in [1.29, 1.82) is 0 Å². The SMILES string of the molecule is Cc1cccc(C)c1-c1cc(O)c(O)c(O)c1. The number of benzene rings is 2. The van der Waals surface area contributed by atoms with Crippen LogP contribution in [0.25, 0.3) is 11.1 Å². The number of rotatable bonds is 1. The molecule has 0 bridgehead atoms. The summed E-state index contributed by atoms with van der Waals surface area (Å²) in [6, 6.07) is 8.77. The molecular formula is C14H14O3. The third-order valence-electron chi connectivity index (χ3n) is 2.84. The van der Waals surface area contributed by atoms with Gasteiger partial charge in [-0.1, -0.05) is 18.2 Å². The minimum atomic E-state index is -0.486. The van der Waals surface area contributed by atoms with E-state index >= 15 is 0 Å². The standard InChI is InChI=1S/C14H14O3/c1-8-4-3-5-9(2)13(8)10-6-11(15)14(17)12(16)7-10/h3-7,15-17H,1-2H3. The van der Waals surface area contributed by atoms with Gasteiger partial charge in [0, 0.05) is 0 Å². The molecule has 88 valence electrons. The normalized spacial score (nSPS) is 10.5. The average molecular weight is 230 g/mol. The lowest BCUT2D eigenvalue weighted by Gasteiger charge is -2.11. The Morgan fingerprint density at radius 1 is 0.824 bits per heavy atom. The van der Waals surface area contributed by atoms with Gasteiger partial charge in [-0.25, -0.2) is 0 Å². The Morgan fingerprint density at radius 2 is 1.29 bits per heavy atom. The molecule has 0 heterocycles. The first kappa shape index (κ1) is 11.3. The molecule has 0 saturated carbocycles. The van der Waals surface area contributed by atoms with E-state index in [0.717, 1.165) is 16.7 Å². The Kier molecular flexibility index (Phi) is 2.68. The molecule has 0 amide bonds. The topological polar surface area (TPSA) is 60.7 Å². The van der Waals surface area contributed by atoms with Gasteiger partial charge in [-0.05, 0) is 48.2 Å². The zero-order chi connectivity index (χ0) is 12.6. The Labute approximate surface area is 99.6 Å². The van der Waals surface area contributed by atoms with E-state index in [0.29, 0.717) is 5.56 Å². The van der Waals surface area contributed by atoms with Crippen LogP contribution in [0.3, 0.4) is 0 Å². The quantitative estimate of drug-likeness (QED) is 0.660. The van der Waals surface area contributed by atoms with Crippen molar-refractivity contribution in [2.45, 2.75) is 13.8 Å². The van der Waals surface area contributed by atoms with Gasteiger partial charge in [-0.2, -0.15) is 0 Å². The Hall–Kier alpha value is -2.16. The summed E-state index contributed by atoms with van der Waals surface area (Å²) < 4.78 is 0. The molecule has 0 aliphatic heterocycles. The van der Waals surface area contributed by atoms with Crippen molar-refractivity contribution in [3.63, 3.8) is 0 Å². The predicted octanol–water partition coefficient (Wildman–Crippen LogP) is 3.09. The van der Waals surface area contributed by atoms with Crippen LogP contribution in [-0.4, -0.2) is 15.3 Å². The van der Waals surface area contributed by atoms with Crippen LogP contribution in [0.1, 0.15) is 11.1 Å². The molecule has 3 heteroatoms. The van der Waals surface area contributed by atoms with Crippen molar-refractivity contribution < 1.29 is 15.3 Å². The van der Waals surface area contributed by atoms with Gasteiger partial charge in [0.25, 0.3) is 0 Å². The van der Waals surface area contributed by atoms with Crippen molar-refractivity contribution in [1.82, 2.24) is 0 Å². The molecule has 0 aromatic heterocycles. The highest BCUT2D eigenvalue weighted by Crippen LogP contribution is 2.40. The van der Waals surface area contributed by atoms with Crippen LogP contribution in [0.4, 0.5) is 0 Å². The summed E-state index contributed by atoms with van der Waals surface area (Å²) in [5.41, 5.74) is 3.75. The number of hydrogen-bond acceptors (Lipinski definition) is 3. The van der Waals surface area contributed by atoms with Gasteiger partial charge in [-0.15, -0.1) is 0 Å². The van der Waals surface area contributed by atoms with Gasteiger partial charge < -0.3 is 15.3 Å². The minimum absolute atomic E-state index is 0.317. The van der Waals surface area contributed by atoms with E-state index in [1.54, 1.807) is 0 Å². The lowest BCUT2D eigenvalue weighted by molar-refractivity contribution is 0.368. The van der Waals surface area contributed by atoms with Crippen molar-refractivity contribution in [2.24, 2.45) is 0 Å². The van der Waals surface area contributed by atoms with E-state index in [1.165, 1.54) is 12.1 Å². The number of aromatic hydroxyl groups is 3. The molecule has 17 heavy (non-hydrogen) atoms. The van der Waals surface area contributed by atoms with Crippen LogP contribution in [0.5, 0.6) is 17.2 Å². The molecule has 3 nitrogen and oxygen atoms in total. The van der Waals surface area contributed by atoms with Gasteiger partial charge in [0.05, 0.1) is 0 Å². The van der Waals surface area contributed by atoms with E-state index in [9.17, 15) is 15.3 Å². The molecule has 3 N–H and O–H groups in total. The average Bonchev–Trinajstić information content (AvgIpc) is 2.25. The summed E-state index contributed by atoms with van der Waals surface area (Å²) in [4.78, 5) is 0. The lowest BCUT2D eigenvalue weighted by Crippen LogP contribution is -1.87. The molecular weight excluding hydrogens is 216 g/mol. The fourth-order valence-electron chi connectivity index (χ4n) is 2.02. The van der Waals surface area contributed by atoms with E-state index in [2.05, 4.69) is 0 Å². The van der Waals surface area contributed by atoms with Crippen LogP contribution in [0.15, 0.2) is 30.3 Å². The maximum atomic E-state index is 9.51. The molecule has 2 aromatic carbocycles. The smallest absolute Gasteiger partial charge is 0.200 e. The van der Waals surface area contributed by atoms with E-state index < -0.39 is 5.75 Å². The van der Waals surface area contributed by atoms with E-state index in [4.69, 9.17) is 0 Å². The van der Waals surface area contributed by atoms with Crippen LogP contribution < -0.4 is 0 Å². The molecule has 0 spiro atoms. The minimum Gasteiger partial charge on any atom is -0.504 e. The summed E-state index contributed by atoms with van der Waals surface area (Å²) in [6.07, 6.45) is 0. The summed E-state index contributed by atoms with van der Waals surface area (Å²) >= 11 is 0. The monoisotopic (exact) mass is 230 g/mol. The summed E-state index contributed by atoms with van der Waals surface area (Å²) in [5.74, 6) is -1.12. The number of aryl methyl sites for hydroxylation is 2. The van der Waals surface area contributed by atoms with Gasteiger partial charge >= 0.3 is 0 Å². The first-order valence-electron chi connectivity index (χ1n) is 5.32. The summed E-state index contributed by atoms with van der Waals surface area (Å²) in [6.45, 7) is 3.92. The van der Waals surface area contributed by atoms with Gasteiger partial charge in [0.15, 0.2) is 17.2 Å². The fraction of sp³-hybridized carbons (Fsp3) is 0.143. The van der Waals surface area contributed by atoms with Crippen molar-refractivity contribution in [3.8, 4) is 28.4 Å². The zero-order valence-electron chi connectivity index (χ0n) is 9.73. The van der Waals surface area contributed by atoms with Gasteiger partial charge in [0.2, 0.25) is 0 Å². The van der Waals surface area contributed by atoms with Gasteiger partial charge in [-0.3, -0.25) is 0 Å². The van der Waals surface area contributed by atoms with E-state index in [1.807, 2.05) is 32.0 Å². The second-order valence-corrected chi connectivity index (χ2v) is 4.13. The molecule has 2 aromatic rings. The zero-order valence-corrected chi connectivity index (χ0v) is 9.73. The fourth-order valence-corrected chi connectivity index (χ4v) is 2.02. The summed E-state index contributed by atoms with van der Waals surface area (Å²) in [7, 11) is 0. The van der Waals surface area contributed by atoms with Crippen LogP contribution in [-0.2, 0) is 0 Å². The molecule has 0 radical (unpaired) electrons. The lowest BCUT2D eigenvalue weighted by atomic mass is 9.95. The second kappa shape index (κ2) is 4.01. The molecule has 0 aliphatic rings. The van der Waals surface area contributed by atoms with Crippen LogP contribution >= 0.6 is 0 Å². The van der Waals surface area contributed by atoms with Crippen LogP contribution in [0.2, 0.25) is 0 Å². The third kappa shape index (κ3) is 1.91. The second-order valence-electron chi connectivity index (χ2n) is 4.13. The molecule has 0 fully saturated rings. The van der Waals surface area contributed by atoms with Crippen molar-refractivity contribution >= 4 is 0 Å². The maximum absolute atomic E-state index is 9.51. The maximum Gasteiger partial charge on any atom is 0.200 e. The highest BCUT2D eigenvalue weighted by molar-refractivity contribution is 5.75. The number of phenols is 3. The number of hydrogen-bond donors (Lipinski definition) is 3. The molecule has 0 aliphatic carbocycles. The van der Waals surface area contributed by atoms with Crippen LogP contribution in [0, 0.1) is 13.8 Å². The Bertz CT molecular complexity index is 530. The highest BCUT2D eigenvalue weighted by Gasteiger charge is 2.12. The first-order chi connectivity index (χ1) is 8.00. The Balaban J connectivity index is 2.69. The van der Waals surface area contributed by atoms with E-state index in [-0.39, 0.29) is 11.5 Å². The van der Waals surface area contributed by atoms with Gasteiger partial charge in [0.1, 0.15) is 0 Å². The largest absolute Gasteiger partial charge is 0.504 e. The Morgan fingerprint density at radius 3 is 1.76 bits per heavy atom. The molecule has 2 rings (SSSR count). The molecule has 0 saturated heterocycles. The first-order valence-corrected chi connectivity index (χ1v) is 5.32. The highest BCUT2D eigenvalue weighted by atomic mass is 16.3. The molecule has 0 atom stereocenters. The van der Waals surface area contributed by atoms with Crippen molar-refractivity contribution in [3.05, 3.63) is 41.5 Å². The predicted molar refractivity (Wildman–Crippen MR) is 66.3 cm³/mol. The number of phenolic OH excluding ortho intramolecular Hbond substituents is 3.